The van der Waals surface area contributed by atoms with Gasteiger partial charge in [0.25, 0.3) is 5.56 Å². The minimum absolute atomic E-state index is 0.0157. The van der Waals surface area contributed by atoms with E-state index in [0.29, 0.717) is 0 Å². The largest absolute Gasteiger partial charge is 0.418 e. The van der Waals surface area contributed by atoms with Crippen LogP contribution in [0.5, 0.6) is 0 Å². The lowest BCUT2D eigenvalue weighted by atomic mass is 10.0. The highest BCUT2D eigenvalue weighted by Crippen LogP contribution is 2.38. The van der Waals surface area contributed by atoms with Gasteiger partial charge in [-0.3, -0.25) is 9.59 Å². The van der Waals surface area contributed by atoms with Gasteiger partial charge in [0.05, 0.1) is 16.8 Å². The van der Waals surface area contributed by atoms with Gasteiger partial charge in [-0.05, 0) is 24.6 Å². The Kier molecular flexibility index (Phi) is 5.79. The second kappa shape index (κ2) is 8.13. The second-order valence-corrected chi connectivity index (χ2v) is 6.76. The molecule has 0 radical (unpaired) electrons. The Labute approximate surface area is 169 Å². The summed E-state index contributed by atoms with van der Waals surface area (Å²) in [5.41, 5.74) is -1.70. The molecule has 0 aliphatic carbocycles. The lowest BCUT2D eigenvalue weighted by molar-refractivity contribution is -0.136. The maximum atomic E-state index is 13.4. The van der Waals surface area contributed by atoms with Gasteiger partial charge in [-0.2, -0.15) is 13.2 Å². The molecule has 0 spiro atoms. The number of pyridine rings is 1. The molecule has 0 bridgehead atoms. The third-order valence-corrected chi connectivity index (χ3v) is 4.47. The van der Waals surface area contributed by atoms with E-state index in [9.17, 15) is 22.8 Å². The van der Waals surface area contributed by atoms with Crippen molar-refractivity contribution in [2.75, 3.05) is 11.9 Å². The topological polar surface area (TPSA) is 62.0 Å². The van der Waals surface area contributed by atoms with E-state index in [1.54, 1.807) is 6.08 Å². The zero-order chi connectivity index (χ0) is 21.2. The average molecular weight is 421 g/mol. The highest BCUT2D eigenvalue weighted by atomic mass is 35.5. The summed E-state index contributed by atoms with van der Waals surface area (Å²) in [7, 11) is 0. The van der Waals surface area contributed by atoms with Gasteiger partial charge in [-0.15, -0.1) is 0 Å². The Morgan fingerprint density at radius 3 is 2.52 bits per heavy atom. The Morgan fingerprint density at radius 1 is 1.21 bits per heavy atom. The van der Waals surface area contributed by atoms with Crippen LogP contribution in [0.2, 0.25) is 5.02 Å². The van der Waals surface area contributed by atoms with Crippen molar-refractivity contribution in [2.45, 2.75) is 13.1 Å². The van der Waals surface area contributed by atoms with Crippen LogP contribution in [0.4, 0.5) is 18.9 Å². The van der Waals surface area contributed by atoms with Crippen molar-refractivity contribution in [1.29, 1.82) is 0 Å². The molecule has 0 aliphatic rings. The number of rotatable bonds is 5. The Morgan fingerprint density at radius 2 is 1.90 bits per heavy atom. The van der Waals surface area contributed by atoms with Crippen molar-refractivity contribution in [2.24, 2.45) is 0 Å². The molecule has 0 amide bonds. The first-order chi connectivity index (χ1) is 13.7. The molecular weight excluding hydrogens is 405 g/mol. The van der Waals surface area contributed by atoms with Crippen LogP contribution in [0.1, 0.15) is 28.4 Å². The van der Waals surface area contributed by atoms with Crippen LogP contribution in [0.3, 0.4) is 0 Å². The van der Waals surface area contributed by atoms with E-state index in [1.807, 2.05) is 36.4 Å². The number of Topliss-reactive ketones (excluding diaryl/α,β-unsaturated/α-hetero) is 1. The van der Waals surface area contributed by atoms with E-state index in [4.69, 9.17) is 11.6 Å². The maximum absolute atomic E-state index is 13.4. The van der Waals surface area contributed by atoms with Gasteiger partial charge >= 0.3 is 6.18 Å². The van der Waals surface area contributed by atoms with Crippen molar-refractivity contribution in [3.05, 3.63) is 80.6 Å². The summed E-state index contributed by atoms with van der Waals surface area (Å²) >= 11 is 5.90. The number of aromatic amines is 1. The van der Waals surface area contributed by atoms with Crippen LogP contribution < -0.4 is 10.9 Å². The van der Waals surface area contributed by atoms with Gasteiger partial charge in [0.1, 0.15) is 5.56 Å². The quantitative estimate of drug-likeness (QED) is 0.533. The van der Waals surface area contributed by atoms with Crippen molar-refractivity contribution in [1.82, 2.24) is 4.98 Å². The summed E-state index contributed by atoms with van der Waals surface area (Å²) in [6.45, 7) is 1.36. The monoisotopic (exact) mass is 420 g/mol. The van der Waals surface area contributed by atoms with Gasteiger partial charge in [-0.25, -0.2) is 0 Å². The number of fused-ring (bicyclic) bond motifs is 1. The summed E-state index contributed by atoms with van der Waals surface area (Å²) < 4.78 is 40.3. The number of carbonyl (C=O) groups excluding carboxylic acids is 1. The van der Waals surface area contributed by atoms with Gasteiger partial charge in [0.15, 0.2) is 5.78 Å². The number of carbonyl (C=O) groups is 1. The molecule has 0 atom stereocenters. The molecule has 0 unspecified atom stereocenters. The summed E-state index contributed by atoms with van der Waals surface area (Å²) in [6, 6.07) is 11.4. The zero-order valence-corrected chi connectivity index (χ0v) is 16.0. The standard InChI is InChI=1S/C21H16ClF3N2O2/c1-12(28)17-19(26-9-5-8-13-6-3-2-4-7-13)15-10-14(22)11-16(21(23,24)25)18(15)27-20(17)29/h2-8,10-11H,9H2,1H3,(H2,26,27,29). The normalized spacial score (nSPS) is 11.9. The Bertz CT molecular complexity index is 1150. The highest BCUT2D eigenvalue weighted by Gasteiger charge is 2.34. The fourth-order valence-electron chi connectivity index (χ4n) is 3.03. The van der Waals surface area contributed by atoms with E-state index in [-0.39, 0.29) is 28.2 Å². The predicted molar refractivity (Wildman–Crippen MR) is 109 cm³/mol. The number of alkyl halides is 3. The lowest BCUT2D eigenvalue weighted by Gasteiger charge is -2.16. The van der Waals surface area contributed by atoms with E-state index in [0.717, 1.165) is 11.6 Å². The van der Waals surface area contributed by atoms with Crippen LogP contribution in [0.15, 0.2) is 53.3 Å². The molecular formula is C21H16ClF3N2O2. The molecule has 3 rings (SSSR count). The van der Waals surface area contributed by atoms with Crippen molar-refractivity contribution >= 4 is 40.1 Å². The smallest absolute Gasteiger partial charge is 0.380 e. The molecule has 2 N–H and O–H groups in total. The summed E-state index contributed by atoms with van der Waals surface area (Å²) in [5.74, 6) is -0.573. The first-order valence-electron chi connectivity index (χ1n) is 8.61. The van der Waals surface area contributed by atoms with E-state index >= 15 is 0 Å². The first-order valence-corrected chi connectivity index (χ1v) is 8.99. The van der Waals surface area contributed by atoms with Gasteiger partial charge < -0.3 is 10.3 Å². The fraction of sp³-hybridized carbons (Fsp3) is 0.143. The van der Waals surface area contributed by atoms with E-state index < -0.39 is 28.6 Å². The molecule has 2 aromatic carbocycles. The zero-order valence-electron chi connectivity index (χ0n) is 15.2. The van der Waals surface area contributed by atoms with Gasteiger partial charge in [-0.1, -0.05) is 54.1 Å². The fourth-order valence-corrected chi connectivity index (χ4v) is 3.24. The molecule has 8 heteroatoms. The number of nitrogens with one attached hydrogen (secondary N) is 2. The molecule has 3 aromatic rings. The minimum Gasteiger partial charge on any atom is -0.380 e. The number of anilines is 1. The highest BCUT2D eigenvalue weighted by molar-refractivity contribution is 6.31. The number of H-pyrrole nitrogens is 1. The number of benzene rings is 2. The molecule has 1 heterocycles. The van der Waals surface area contributed by atoms with Gasteiger partial charge in [0, 0.05) is 17.0 Å². The third kappa shape index (κ3) is 4.51. The molecule has 29 heavy (non-hydrogen) atoms. The molecule has 4 nitrogen and oxygen atoms in total. The average Bonchev–Trinajstić information content (AvgIpc) is 2.64. The van der Waals surface area contributed by atoms with Crippen molar-refractivity contribution in [3.8, 4) is 0 Å². The summed E-state index contributed by atoms with van der Waals surface area (Å²) in [4.78, 5) is 26.6. The van der Waals surface area contributed by atoms with Crippen LogP contribution in [0.25, 0.3) is 17.0 Å². The minimum atomic E-state index is -4.73. The third-order valence-electron chi connectivity index (χ3n) is 4.25. The van der Waals surface area contributed by atoms with Crippen LogP contribution in [-0.4, -0.2) is 17.3 Å². The lowest BCUT2D eigenvalue weighted by Crippen LogP contribution is -2.21. The molecule has 0 saturated heterocycles. The first kappa shape index (κ1) is 20.7. The Balaban J connectivity index is 2.11. The number of ketones is 1. The number of hydrogen-bond acceptors (Lipinski definition) is 3. The van der Waals surface area contributed by atoms with Crippen molar-refractivity contribution < 1.29 is 18.0 Å². The van der Waals surface area contributed by atoms with Crippen LogP contribution in [-0.2, 0) is 6.18 Å². The SMILES string of the molecule is CC(=O)c1c(NCC=Cc2ccccc2)c2cc(Cl)cc(C(F)(F)F)c2[nH]c1=O. The second-order valence-electron chi connectivity index (χ2n) is 6.33. The molecule has 150 valence electrons. The predicted octanol–water partition coefficient (Wildman–Crippen LogP) is 5.53. The molecule has 0 saturated carbocycles. The van der Waals surface area contributed by atoms with E-state index in [2.05, 4.69) is 10.3 Å². The number of aromatic nitrogens is 1. The molecule has 0 aliphatic heterocycles. The maximum Gasteiger partial charge on any atom is 0.418 e. The number of hydrogen-bond donors (Lipinski definition) is 2. The molecule has 1 aromatic heterocycles. The summed E-state index contributed by atoms with van der Waals surface area (Å²) in [6.07, 6.45) is -1.18. The van der Waals surface area contributed by atoms with E-state index in [1.165, 1.54) is 13.0 Å². The van der Waals surface area contributed by atoms with Crippen molar-refractivity contribution in [3.63, 3.8) is 0 Å². The Hall–Kier alpha value is -3.06. The molecule has 0 fully saturated rings. The summed E-state index contributed by atoms with van der Waals surface area (Å²) in [5, 5.41) is 2.76. The van der Waals surface area contributed by atoms with Crippen LogP contribution >= 0.6 is 11.6 Å². The van der Waals surface area contributed by atoms with Crippen LogP contribution in [0, 0.1) is 0 Å². The van der Waals surface area contributed by atoms with Gasteiger partial charge in [0.2, 0.25) is 0 Å². The number of halogens is 4.